The van der Waals surface area contributed by atoms with Crippen LogP contribution in [0.5, 0.6) is 0 Å². The number of benzene rings is 1. The summed E-state index contributed by atoms with van der Waals surface area (Å²) in [4.78, 5) is 14.2. The first kappa shape index (κ1) is 13.3. The Balaban J connectivity index is 1.69. The van der Waals surface area contributed by atoms with Gasteiger partial charge in [-0.05, 0) is 55.1 Å². The second-order valence-corrected chi connectivity index (χ2v) is 6.94. The van der Waals surface area contributed by atoms with Crippen LogP contribution >= 0.6 is 0 Å². The highest BCUT2D eigenvalue weighted by atomic mass is 16.4. The Kier molecular flexibility index (Phi) is 3.26. The summed E-state index contributed by atoms with van der Waals surface area (Å²) in [6.45, 7) is 0.987. The Morgan fingerprint density at radius 1 is 1.14 bits per heavy atom. The van der Waals surface area contributed by atoms with Gasteiger partial charge in [-0.25, -0.2) is 0 Å². The predicted octanol–water partition coefficient (Wildman–Crippen LogP) is 3.25. The Labute approximate surface area is 126 Å². The number of hydrogen-bond acceptors (Lipinski definition) is 2. The minimum atomic E-state index is -0.604. The Morgan fingerprint density at radius 3 is 2.86 bits per heavy atom. The van der Waals surface area contributed by atoms with Crippen molar-refractivity contribution in [2.24, 2.45) is 11.8 Å². The molecule has 2 fully saturated rings. The van der Waals surface area contributed by atoms with Gasteiger partial charge in [0, 0.05) is 12.6 Å². The van der Waals surface area contributed by atoms with Gasteiger partial charge in [-0.15, -0.1) is 0 Å². The molecule has 3 heteroatoms. The summed E-state index contributed by atoms with van der Waals surface area (Å²) < 4.78 is 0. The van der Waals surface area contributed by atoms with Crippen LogP contribution in [0.25, 0.3) is 0 Å². The van der Waals surface area contributed by atoms with E-state index in [1.807, 2.05) is 0 Å². The van der Waals surface area contributed by atoms with E-state index < -0.39 is 5.97 Å². The lowest BCUT2D eigenvalue weighted by molar-refractivity contribution is -0.144. The summed E-state index contributed by atoms with van der Waals surface area (Å²) in [6, 6.07) is 8.70. The van der Waals surface area contributed by atoms with Crippen molar-refractivity contribution >= 4 is 5.97 Å². The van der Waals surface area contributed by atoms with Gasteiger partial charge in [0.1, 0.15) is 6.04 Å². The number of rotatable bonds is 2. The van der Waals surface area contributed by atoms with Gasteiger partial charge in [0.2, 0.25) is 0 Å². The molecule has 1 N–H and O–H groups in total. The molecule has 1 aliphatic heterocycles. The number of carbonyl (C=O) groups is 1. The molecule has 2 aliphatic carbocycles. The highest BCUT2D eigenvalue weighted by Gasteiger charge is 2.50. The number of likely N-dealkylation sites (tertiary alicyclic amines) is 1. The molecule has 1 heterocycles. The van der Waals surface area contributed by atoms with E-state index in [2.05, 4.69) is 29.2 Å². The van der Waals surface area contributed by atoms with Crippen molar-refractivity contribution in [3.05, 3.63) is 35.4 Å². The summed E-state index contributed by atoms with van der Waals surface area (Å²) in [5.74, 6) is 0.393. The first-order valence-corrected chi connectivity index (χ1v) is 8.32. The van der Waals surface area contributed by atoms with Gasteiger partial charge in [-0.3, -0.25) is 9.69 Å². The average Bonchev–Trinajstić information content (AvgIpc) is 3.06. The number of nitrogens with zero attached hydrogens (tertiary/aromatic N) is 1. The van der Waals surface area contributed by atoms with Gasteiger partial charge in [-0.2, -0.15) is 0 Å². The minimum absolute atomic E-state index is 0.256. The molecule has 112 valence electrons. The molecule has 1 saturated carbocycles. The van der Waals surface area contributed by atoms with Crippen molar-refractivity contribution in [3.8, 4) is 0 Å². The van der Waals surface area contributed by atoms with Crippen LogP contribution in [0.15, 0.2) is 24.3 Å². The zero-order chi connectivity index (χ0) is 14.4. The SMILES string of the molecule is O=C(O)C1C2CCCC2CN1C1CCCc2ccccc21. The average molecular weight is 285 g/mol. The number of fused-ring (bicyclic) bond motifs is 2. The molecular weight excluding hydrogens is 262 g/mol. The Morgan fingerprint density at radius 2 is 2.00 bits per heavy atom. The van der Waals surface area contributed by atoms with Crippen molar-refractivity contribution in [1.82, 2.24) is 4.90 Å². The van der Waals surface area contributed by atoms with Crippen LogP contribution in [0, 0.1) is 11.8 Å². The van der Waals surface area contributed by atoms with E-state index in [0.717, 1.165) is 25.8 Å². The largest absolute Gasteiger partial charge is 0.480 e. The molecule has 1 aromatic rings. The zero-order valence-electron chi connectivity index (χ0n) is 12.4. The second kappa shape index (κ2) is 5.13. The normalized spacial score (nSPS) is 35.4. The molecule has 4 atom stereocenters. The minimum Gasteiger partial charge on any atom is -0.480 e. The maximum Gasteiger partial charge on any atom is 0.321 e. The smallest absolute Gasteiger partial charge is 0.321 e. The van der Waals surface area contributed by atoms with Gasteiger partial charge < -0.3 is 5.11 Å². The number of aliphatic carboxylic acids is 1. The van der Waals surface area contributed by atoms with Crippen molar-refractivity contribution in [3.63, 3.8) is 0 Å². The van der Waals surface area contributed by atoms with Crippen LogP contribution in [-0.4, -0.2) is 28.6 Å². The lowest BCUT2D eigenvalue weighted by Crippen LogP contribution is -2.42. The van der Waals surface area contributed by atoms with Gasteiger partial charge in [-0.1, -0.05) is 30.7 Å². The molecule has 0 aromatic heterocycles. The van der Waals surface area contributed by atoms with Gasteiger partial charge >= 0.3 is 5.97 Å². The Hall–Kier alpha value is -1.35. The maximum absolute atomic E-state index is 11.9. The highest BCUT2D eigenvalue weighted by molar-refractivity contribution is 5.74. The molecule has 0 bridgehead atoms. The van der Waals surface area contributed by atoms with E-state index in [-0.39, 0.29) is 6.04 Å². The summed E-state index contributed by atoms with van der Waals surface area (Å²) >= 11 is 0. The molecule has 4 unspecified atom stereocenters. The van der Waals surface area contributed by atoms with E-state index >= 15 is 0 Å². The molecule has 3 nitrogen and oxygen atoms in total. The lowest BCUT2D eigenvalue weighted by atomic mass is 9.86. The third-order valence-electron chi connectivity index (χ3n) is 5.92. The van der Waals surface area contributed by atoms with Gasteiger partial charge in [0.25, 0.3) is 0 Å². The summed E-state index contributed by atoms with van der Waals surface area (Å²) in [5.41, 5.74) is 2.81. The van der Waals surface area contributed by atoms with E-state index in [0.29, 0.717) is 17.9 Å². The second-order valence-electron chi connectivity index (χ2n) is 6.94. The third-order valence-corrected chi connectivity index (χ3v) is 5.92. The molecule has 0 amide bonds. The van der Waals surface area contributed by atoms with Crippen LogP contribution in [0.2, 0.25) is 0 Å². The third kappa shape index (κ3) is 2.10. The van der Waals surface area contributed by atoms with Crippen molar-refractivity contribution in [1.29, 1.82) is 0 Å². The number of hydrogen-bond donors (Lipinski definition) is 1. The van der Waals surface area contributed by atoms with E-state index in [9.17, 15) is 9.90 Å². The molecule has 0 radical (unpaired) electrons. The zero-order valence-corrected chi connectivity index (χ0v) is 12.4. The topological polar surface area (TPSA) is 40.5 Å². The van der Waals surface area contributed by atoms with Gasteiger partial charge in [0.05, 0.1) is 0 Å². The number of carboxylic acids is 1. The van der Waals surface area contributed by atoms with Crippen LogP contribution in [0.4, 0.5) is 0 Å². The maximum atomic E-state index is 11.9. The number of aryl methyl sites for hydroxylation is 1. The molecule has 4 rings (SSSR count). The monoisotopic (exact) mass is 285 g/mol. The van der Waals surface area contributed by atoms with Crippen LogP contribution in [0.1, 0.15) is 49.3 Å². The van der Waals surface area contributed by atoms with Crippen molar-refractivity contribution in [2.75, 3.05) is 6.54 Å². The molecule has 0 spiro atoms. The fourth-order valence-electron chi connectivity index (χ4n) is 5.06. The lowest BCUT2D eigenvalue weighted by Gasteiger charge is -2.36. The fourth-order valence-corrected chi connectivity index (χ4v) is 5.06. The summed E-state index contributed by atoms with van der Waals surface area (Å²) in [6.07, 6.45) is 6.98. The molecule has 1 aromatic carbocycles. The quantitative estimate of drug-likeness (QED) is 0.907. The van der Waals surface area contributed by atoms with E-state index in [1.54, 1.807) is 0 Å². The number of carboxylic acid groups (broad SMARTS) is 1. The molecular formula is C18H23NO2. The standard InChI is InChI=1S/C18H23NO2/c20-18(21)17-15-9-3-7-13(15)11-19(17)16-10-4-6-12-5-1-2-8-14(12)16/h1-2,5,8,13,15-17H,3-4,6-7,9-11H2,(H,20,21). The fraction of sp³-hybridized carbons (Fsp3) is 0.611. The highest BCUT2D eigenvalue weighted by Crippen LogP contribution is 2.47. The first-order chi connectivity index (χ1) is 10.3. The summed E-state index contributed by atoms with van der Waals surface area (Å²) in [5, 5.41) is 9.77. The van der Waals surface area contributed by atoms with E-state index in [4.69, 9.17) is 0 Å². The van der Waals surface area contributed by atoms with Crippen molar-refractivity contribution in [2.45, 2.75) is 50.6 Å². The Bertz CT molecular complexity index is 556. The van der Waals surface area contributed by atoms with E-state index in [1.165, 1.54) is 30.4 Å². The van der Waals surface area contributed by atoms with Crippen LogP contribution < -0.4 is 0 Å². The molecule has 1 saturated heterocycles. The van der Waals surface area contributed by atoms with Crippen LogP contribution in [0.3, 0.4) is 0 Å². The van der Waals surface area contributed by atoms with Gasteiger partial charge in [0.15, 0.2) is 0 Å². The summed E-state index contributed by atoms with van der Waals surface area (Å²) in [7, 11) is 0. The predicted molar refractivity (Wildman–Crippen MR) is 81.1 cm³/mol. The molecule has 21 heavy (non-hydrogen) atoms. The van der Waals surface area contributed by atoms with Crippen molar-refractivity contribution < 1.29 is 9.90 Å². The first-order valence-electron chi connectivity index (χ1n) is 8.32. The molecule has 3 aliphatic rings. The van der Waals surface area contributed by atoms with Crippen LogP contribution in [-0.2, 0) is 11.2 Å².